The molecule has 0 radical (unpaired) electrons. The zero-order chi connectivity index (χ0) is 25.6. The lowest BCUT2D eigenvalue weighted by Crippen LogP contribution is -2.35. The van der Waals surface area contributed by atoms with E-state index in [1.54, 1.807) is 0 Å². The summed E-state index contributed by atoms with van der Waals surface area (Å²) in [6, 6.07) is 25.6. The highest BCUT2D eigenvalue weighted by Crippen LogP contribution is 2.33. The molecule has 0 spiro atoms. The van der Waals surface area contributed by atoms with Gasteiger partial charge in [-0.1, -0.05) is 61.0 Å². The van der Waals surface area contributed by atoms with E-state index in [1.165, 1.54) is 97.2 Å². The van der Waals surface area contributed by atoms with Gasteiger partial charge >= 0.3 is 0 Å². The minimum atomic E-state index is 0.848. The van der Waals surface area contributed by atoms with Gasteiger partial charge in [0.1, 0.15) is 0 Å². The molecule has 0 bridgehead atoms. The molecule has 3 heterocycles. The summed E-state index contributed by atoms with van der Waals surface area (Å²) in [5.41, 5.74) is 9.81. The summed E-state index contributed by atoms with van der Waals surface area (Å²) >= 11 is 0. The molecule has 0 amide bonds. The lowest BCUT2D eigenvalue weighted by Gasteiger charge is -2.28. The van der Waals surface area contributed by atoms with Crippen molar-refractivity contribution in [3.05, 3.63) is 83.4 Å². The van der Waals surface area contributed by atoms with Crippen LogP contribution in [0.15, 0.2) is 66.7 Å². The molecule has 6 rings (SSSR count). The zero-order valence-electron chi connectivity index (χ0n) is 22.9. The largest absolute Gasteiger partial charge is 0.379 e. The Kier molecular flexibility index (Phi) is 8.52. The maximum Gasteiger partial charge on any atom is 0.0594 e. The van der Waals surface area contributed by atoms with Gasteiger partial charge in [-0.15, -0.1) is 0 Å². The summed E-state index contributed by atoms with van der Waals surface area (Å²) in [7, 11) is 0. The minimum absolute atomic E-state index is 0.848. The van der Waals surface area contributed by atoms with E-state index in [9.17, 15) is 0 Å². The maximum absolute atomic E-state index is 5.56. The van der Waals surface area contributed by atoms with Crippen LogP contribution >= 0.6 is 0 Å². The van der Waals surface area contributed by atoms with Crippen LogP contribution in [0.1, 0.15) is 48.8 Å². The number of hydrogen-bond acceptors (Lipinski definition) is 4. The van der Waals surface area contributed by atoms with Crippen molar-refractivity contribution in [1.29, 1.82) is 0 Å². The summed E-state index contributed by atoms with van der Waals surface area (Å²) in [6.07, 6.45) is 6.69. The fraction of sp³-hybridized carbons (Fsp3) is 0.471. The van der Waals surface area contributed by atoms with Gasteiger partial charge in [0, 0.05) is 32.7 Å². The quantitative estimate of drug-likeness (QED) is 0.348. The highest BCUT2D eigenvalue weighted by Gasteiger charge is 2.18. The number of rotatable bonds is 8. The van der Waals surface area contributed by atoms with E-state index in [2.05, 4.69) is 81.4 Å². The number of hydrogen-bond donors (Lipinski definition) is 0. The normalized spacial score (nSPS) is 19.7. The van der Waals surface area contributed by atoms with Crippen LogP contribution in [0.4, 0.5) is 0 Å². The van der Waals surface area contributed by atoms with Crippen LogP contribution in [-0.2, 0) is 24.4 Å². The molecule has 4 nitrogen and oxygen atoms in total. The number of benzene rings is 3. The smallest absolute Gasteiger partial charge is 0.0594 e. The van der Waals surface area contributed by atoms with E-state index in [1.807, 2.05) is 0 Å². The number of ether oxygens (including phenoxy) is 1. The van der Waals surface area contributed by atoms with Crippen molar-refractivity contribution in [3.63, 3.8) is 0 Å². The molecule has 3 aliphatic heterocycles. The Morgan fingerprint density at radius 1 is 0.500 bits per heavy atom. The van der Waals surface area contributed by atoms with Crippen LogP contribution in [0.3, 0.4) is 0 Å². The maximum atomic E-state index is 5.56. The van der Waals surface area contributed by atoms with E-state index >= 15 is 0 Å². The third kappa shape index (κ3) is 6.38. The van der Waals surface area contributed by atoms with E-state index in [-0.39, 0.29) is 0 Å². The van der Waals surface area contributed by atoms with E-state index in [0.29, 0.717) is 0 Å². The van der Waals surface area contributed by atoms with Crippen molar-refractivity contribution in [2.45, 2.75) is 51.7 Å². The van der Waals surface area contributed by atoms with Gasteiger partial charge in [-0.3, -0.25) is 14.7 Å². The van der Waals surface area contributed by atoms with Crippen molar-refractivity contribution in [2.75, 3.05) is 52.5 Å². The number of piperidine rings is 1. The highest BCUT2D eigenvalue weighted by atomic mass is 16.5. The number of likely N-dealkylation sites (tertiary alicyclic amines) is 2. The molecule has 3 aliphatic rings. The van der Waals surface area contributed by atoms with Gasteiger partial charge in [0.05, 0.1) is 13.2 Å². The summed E-state index contributed by atoms with van der Waals surface area (Å²) in [4.78, 5) is 7.79. The lowest BCUT2D eigenvalue weighted by molar-refractivity contribution is 0.0342. The Morgan fingerprint density at radius 3 is 1.92 bits per heavy atom. The Hall–Kier alpha value is -2.50. The molecule has 200 valence electrons. The first-order valence-electron chi connectivity index (χ1n) is 14.9. The number of nitrogens with zero attached hydrogens (tertiary/aromatic N) is 3. The summed E-state index contributed by atoms with van der Waals surface area (Å²) < 4.78 is 5.56. The predicted octanol–water partition coefficient (Wildman–Crippen LogP) is 6.43. The molecule has 0 aromatic heterocycles. The molecule has 4 heteroatoms. The second kappa shape index (κ2) is 12.6. The average Bonchev–Trinajstić information content (AvgIpc) is 3.48. The second-order valence-electron chi connectivity index (χ2n) is 11.4. The molecule has 38 heavy (non-hydrogen) atoms. The van der Waals surface area contributed by atoms with Crippen LogP contribution in [0.2, 0.25) is 0 Å². The second-order valence-corrected chi connectivity index (χ2v) is 11.4. The molecular formula is C34H43N3O. The van der Waals surface area contributed by atoms with Gasteiger partial charge in [-0.05, 0) is 103 Å². The van der Waals surface area contributed by atoms with Crippen molar-refractivity contribution >= 4 is 0 Å². The topological polar surface area (TPSA) is 19.0 Å². The van der Waals surface area contributed by atoms with Gasteiger partial charge in [0.15, 0.2) is 0 Å². The summed E-state index contributed by atoms with van der Waals surface area (Å²) in [5, 5.41) is 0. The summed E-state index contributed by atoms with van der Waals surface area (Å²) in [5.74, 6) is 0. The van der Waals surface area contributed by atoms with Crippen LogP contribution in [0.25, 0.3) is 22.3 Å². The first kappa shape index (κ1) is 25.8. The number of morpholine rings is 1. The zero-order valence-corrected chi connectivity index (χ0v) is 22.9. The molecule has 3 aromatic rings. The van der Waals surface area contributed by atoms with Gasteiger partial charge in [-0.25, -0.2) is 0 Å². The van der Waals surface area contributed by atoms with E-state index in [0.717, 1.165) is 45.9 Å². The molecule has 0 saturated carbocycles. The predicted molar refractivity (Wildman–Crippen MR) is 157 cm³/mol. The Balaban J connectivity index is 1.32. The first-order valence-corrected chi connectivity index (χ1v) is 14.9. The fourth-order valence-corrected chi connectivity index (χ4v) is 6.51. The van der Waals surface area contributed by atoms with Crippen molar-refractivity contribution in [1.82, 2.24) is 14.7 Å². The Bertz CT molecular complexity index is 1190. The summed E-state index contributed by atoms with van der Waals surface area (Å²) in [6.45, 7) is 11.7. The molecule has 0 N–H and O–H groups in total. The third-order valence-corrected chi connectivity index (χ3v) is 8.62. The van der Waals surface area contributed by atoms with Gasteiger partial charge in [0.2, 0.25) is 0 Å². The van der Waals surface area contributed by atoms with Crippen LogP contribution in [-0.4, -0.2) is 67.2 Å². The van der Waals surface area contributed by atoms with Crippen LogP contribution in [0, 0.1) is 0 Å². The first-order chi connectivity index (χ1) is 18.8. The minimum Gasteiger partial charge on any atom is -0.379 e. The van der Waals surface area contributed by atoms with Gasteiger partial charge < -0.3 is 4.74 Å². The van der Waals surface area contributed by atoms with E-state index < -0.39 is 0 Å². The highest BCUT2D eigenvalue weighted by molar-refractivity contribution is 5.75. The molecular weight excluding hydrogens is 466 g/mol. The fourth-order valence-electron chi connectivity index (χ4n) is 6.51. The van der Waals surface area contributed by atoms with Crippen LogP contribution < -0.4 is 0 Å². The van der Waals surface area contributed by atoms with Crippen molar-refractivity contribution in [2.24, 2.45) is 0 Å². The molecule has 0 aliphatic carbocycles. The van der Waals surface area contributed by atoms with E-state index in [4.69, 9.17) is 4.74 Å². The Labute approximate surface area is 229 Å². The monoisotopic (exact) mass is 509 g/mol. The average molecular weight is 510 g/mol. The standard InChI is InChI=1S/C34H43N3O/c1-4-15-36(16-5-1)27-32-24-30(33-12-3-2-10-31(33)26-35-17-6-7-18-35)13-14-34(32)29-11-8-9-28(23-29)25-37-19-21-38-22-20-37/h2-3,8-14,23-24H,1,4-7,15-22,25-27H2. The van der Waals surface area contributed by atoms with Gasteiger partial charge in [-0.2, -0.15) is 0 Å². The van der Waals surface area contributed by atoms with Gasteiger partial charge in [0.25, 0.3) is 0 Å². The molecule has 0 unspecified atom stereocenters. The molecule has 3 saturated heterocycles. The van der Waals surface area contributed by atoms with Crippen LogP contribution in [0.5, 0.6) is 0 Å². The lowest BCUT2D eigenvalue weighted by atomic mass is 9.91. The van der Waals surface area contributed by atoms with Crippen molar-refractivity contribution in [3.8, 4) is 22.3 Å². The molecule has 3 aromatic carbocycles. The van der Waals surface area contributed by atoms with Crippen molar-refractivity contribution < 1.29 is 4.74 Å². The SMILES string of the molecule is c1cc(CN2CCOCC2)cc(-c2ccc(-c3ccccc3CN3CCCC3)cc2CN2CCCCC2)c1. The molecule has 3 fully saturated rings. The molecule has 0 atom stereocenters. The Morgan fingerprint density at radius 2 is 1.13 bits per heavy atom. The third-order valence-electron chi connectivity index (χ3n) is 8.62.